The van der Waals surface area contributed by atoms with Crippen molar-refractivity contribution < 1.29 is 8.42 Å². The minimum absolute atomic E-state index is 0.0877. The van der Waals surface area contributed by atoms with E-state index in [0.29, 0.717) is 6.42 Å². The van der Waals surface area contributed by atoms with E-state index in [2.05, 4.69) is 4.98 Å². The van der Waals surface area contributed by atoms with Crippen molar-refractivity contribution in [2.24, 2.45) is 0 Å². The molecule has 0 aliphatic rings. The molecular weight excluding hydrogens is 246 g/mol. The highest BCUT2D eigenvalue weighted by Crippen LogP contribution is 2.17. The zero-order chi connectivity index (χ0) is 11.6. The summed E-state index contributed by atoms with van der Waals surface area (Å²) in [6.45, 7) is 0. The standard InChI is InChI=1S/C11H10ClNO2S/c12-16(14,15)8-6-11-10-4-2-1-3-9(10)5-7-13-11/h1-5,7H,6,8H2. The lowest BCUT2D eigenvalue weighted by molar-refractivity contribution is 0.608. The van der Waals surface area contributed by atoms with Crippen molar-refractivity contribution >= 4 is 30.5 Å². The first-order chi connectivity index (χ1) is 7.56. The fourth-order valence-electron chi connectivity index (χ4n) is 1.60. The monoisotopic (exact) mass is 255 g/mol. The van der Waals surface area contributed by atoms with Gasteiger partial charge in [0.15, 0.2) is 0 Å². The maximum absolute atomic E-state index is 10.9. The van der Waals surface area contributed by atoms with Crippen molar-refractivity contribution in [3.63, 3.8) is 0 Å². The van der Waals surface area contributed by atoms with Crippen LogP contribution in [0.5, 0.6) is 0 Å². The lowest BCUT2D eigenvalue weighted by atomic mass is 10.1. The molecule has 0 fully saturated rings. The van der Waals surface area contributed by atoms with Gasteiger partial charge in [0.05, 0.1) is 5.75 Å². The molecule has 0 atom stereocenters. The van der Waals surface area contributed by atoms with Crippen molar-refractivity contribution in [2.45, 2.75) is 6.42 Å². The molecule has 0 amide bonds. The average Bonchev–Trinajstić information content (AvgIpc) is 2.25. The van der Waals surface area contributed by atoms with Gasteiger partial charge < -0.3 is 0 Å². The summed E-state index contributed by atoms with van der Waals surface area (Å²) >= 11 is 0. The van der Waals surface area contributed by atoms with Gasteiger partial charge in [-0.15, -0.1) is 0 Å². The van der Waals surface area contributed by atoms with Gasteiger partial charge in [0.25, 0.3) is 0 Å². The zero-order valence-electron chi connectivity index (χ0n) is 8.43. The van der Waals surface area contributed by atoms with E-state index in [1.54, 1.807) is 6.20 Å². The SMILES string of the molecule is O=S(=O)(Cl)CCc1nccc2ccccc12. The molecule has 1 aromatic heterocycles. The Bertz CT molecular complexity index is 605. The maximum atomic E-state index is 10.9. The van der Waals surface area contributed by atoms with Crippen LogP contribution in [0.15, 0.2) is 36.5 Å². The Balaban J connectivity index is 2.38. The quantitative estimate of drug-likeness (QED) is 0.791. The van der Waals surface area contributed by atoms with Crippen LogP contribution in [-0.4, -0.2) is 19.2 Å². The van der Waals surface area contributed by atoms with Crippen molar-refractivity contribution in [3.05, 3.63) is 42.2 Å². The first-order valence-electron chi connectivity index (χ1n) is 4.81. The molecule has 1 aromatic carbocycles. The second-order valence-corrected chi connectivity index (χ2v) is 6.37. The Kier molecular flexibility index (Phi) is 3.12. The number of benzene rings is 1. The molecule has 0 saturated heterocycles. The summed E-state index contributed by atoms with van der Waals surface area (Å²) < 4.78 is 21.8. The second-order valence-electron chi connectivity index (χ2n) is 3.47. The number of pyridine rings is 1. The highest BCUT2D eigenvalue weighted by atomic mass is 35.7. The molecule has 5 heteroatoms. The largest absolute Gasteiger partial charge is 0.261 e. The Labute approximate surface area is 98.5 Å². The molecule has 0 saturated carbocycles. The summed E-state index contributed by atoms with van der Waals surface area (Å²) in [5.41, 5.74) is 0.766. The number of halogens is 1. The van der Waals surface area contributed by atoms with E-state index < -0.39 is 9.05 Å². The number of hydrogen-bond donors (Lipinski definition) is 0. The first kappa shape index (κ1) is 11.4. The smallest absolute Gasteiger partial charge is 0.232 e. The third-order valence-electron chi connectivity index (χ3n) is 2.34. The fourth-order valence-corrected chi connectivity index (χ4v) is 2.27. The molecule has 0 aliphatic carbocycles. The highest BCUT2D eigenvalue weighted by Gasteiger charge is 2.08. The van der Waals surface area contributed by atoms with Crippen LogP contribution in [0.2, 0.25) is 0 Å². The number of aryl methyl sites for hydroxylation is 1. The molecule has 0 spiro atoms. The molecule has 2 aromatic rings. The fraction of sp³-hybridized carbons (Fsp3) is 0.182. The summed E-state index contributed by atoms with van der Waals surface area (Å²) in [6.07, 6.45) is 2.02. The molecule has 0 bridgehead atoms. The minimum Gasteiger partial charge on any atom is -0.261 e. The van der Waals surface area contributed by atoms with Gasteiger partial charge in [-0.05, 0) is 11.5 Å². The van der Waals surface area contributed by atoms with E-state index in [4.69, 9.17) is 10.7 Å². The average molecular weight is 256 g/mol. The van der Waals surface area contributed by atoms with Gasteiger partial charge in [0, 0.05) is 34.4 Å². The first-order valence-corrected chi connectivity index (χ1v) is 7.29. The number of fused-ring (bicyclic) bond motifs is 1. The number of aromatic nitrogens is 1. The van der Waals surface area contributed by atoms with Crippen molar-refractivity contribution in [2.75, 3.05) is 5.75 Å². The summed E-state index contributed by atoms with van der Waals surface area (Å²) in [7, 11) is 1.72. The third-order valence-corrected chi connectivity index (χ3v) is 3.49. The van der Waals surface area contributed by atoms with Crippen molar-refractivity contribution in [1.82, 2.24) is 4.98 Å². The molecule has 0 N–H and O–H groups in total. The number of nitrogens with zero attached hydrogens (tertiary/aromatic N) is 1. The van der Waals surface area contributed by atoms with E-state index in [1.807, 2.05) is 30.3 Å². The number of rotatable bonds is 3. The Hall–Kier alpha value is -1.13. The molecule has 3 nitrogen and oxygen atoms in total. The summed E-state index contributed by atoms with van der Waals surface area (Å²) in [4.78, 5) is 4.19. The predicted octanol–water partition coefficient (Wildman–Crippen LogP) is 2.35. The predicted molar refractivity (Wildman–Crippen MR) is 65.1 cm³/mol. The number of hydrogen-bond acceptors (Lipinski definition) is 3. The van der Waals surface area contributed by atoms with E-state index in [0.717, 1.165) is 16.5 Å². The van der Waals surface area contributed by atoms with Crippen LogP contribution in [0, 0.1) is 0 Å². The van der Waals surface area contributed by atoms with Crippen LogP contribution in [0.3, 0.4) is 0 Å². The van der Waals surface area contributed by atoms with E-state index in [9.17, 15) is 8.42 Å². The third kappa shape index (κ3) is 2.71. The zero-order valence-corrected chi connectivity index (χ0v) is 10.0. The summed E-state index contributed by atoms with van der Waals surface area (Å²) in [6, 6.07) is 9.63. The van der Waals surface area contributed by atoms with Crippen LogP contribution in [0.4, 0.5) is 0 Å². The van der Waals surface area contributed by atoms with Crippen molar-refractivity contribution in [3.8, 4) is 0 Å². The molecule has 16 heavy (non-hydrogen) atoms. The molecule has 84 valence electrons. The molecule has 0 radical (unpaired) electrons. The minimum atomic E-state index is -3.46. The summed E-state index contributed by atoms with van der Waals surface area (Å²) in [5.74, 6) is -0.0877. The van der Waals surface area contributed by atoms with Crippen LogP contribution < -0.4 is 0 Å². The van der Waals surface area contributed by atoms with Gasteiger partial charge >= 0.3 is 0 Å². The molecule has 1 heterocycles. The lowest BCUT2D eigenvalue weighted by Crippen LogP contribution is -2.03. The van der Waals surface area contributed by atoms with Gasteiger partial charge in [0.1, 0.15) is 0 Å². The van der Waals surface area contributed by atoms with Gasteiger partial charge in [-0.3, -0.25) is 4.98 Å². The maximum Gasteiger partial charge on any atom is 0.232 e. The normalized spacial score (nSPS) is 11.8. The second kappa shape index (κ2) is 4.39. The van der Waals surface area contributed by atoms with Gasteiger partial charge in [0.2, 0.25) is 9.05 Å². The van der Waals surface area contributed by atoms with Crippen LogP contribution in [-0.2, 0) is 15.5 Å². The Morgan fingerprint density at radius 2 is 1.94 bits per heavy atom. The lowest BCUT2D eigenvalue weighted by Gasteiger charge is -2.03. The van der Waals surface area contributed by atoms with E-state index in [1.165, 1.54) is 0 Å². The van der Waals surface area contributed by atoms with Crippen LogP contribution in [0.1, 0.15) is 5.69 Å². The van der Waals surface area contributed by atoms with E-state index in [-0.39, 0.29) is 5.75 Å². The van der Waals surface area contributed by atoms with Crippen LogP contribution in [0.25, 0.3) is 10.8 Å². The van der Waals surface area contributed by atoms with Crippen molar-refractivity contribution in [1.29, 1.82) is 0 Å². The molecule has 0 unspecified atom stereocenters. The Morgan fingerprint density at radius 1 is 1.19 bits per heavy atom. The van der Waals surface area contributed by atoms with Crippen LogP contribution >= 0.6 is 10.7 Å². The highest BCUT2D eigenvalue weighted by molar-refractivity contribution is 8.13. The van der Waals surface area contributed by atoms with Gasteiger partial charge in [-0.25, -0.2) is 8.42 Å². The summed E-state index contributed by atoms with van der Waals surface area (Å²) in [5, 5.41) is 2.03. The topological polar surface area (TPSA) is 47.0 Å². The molecule has 0 aliphatic heterocycles. The van der Waals surface area contributed by atoms with E-state index >= 15 is 0 Å². The van der Waals surface area contributed by atoms with Gasteiger partial charge in [-0.1, -0.05) is 24.3 Å². The molecular formula is C11H10ClNO2S. The van der Waals surface area contributed by atoms with Gasteiger partial charge in [-0.2, -0.15) is 0 Å². The Morgan fingerprint density at radius 3 is 2.69 bits per heavy atom. The molecule has 2 rings (SSSR count).